The lowest BCUT2D eigenvalue weighted by Crippen LogP contribution is -2.19. The fourth-order valence-electron chi connectivity index (χ4n) is 1.03. The number of aryl methyl sites for hydroxylation is 1. The van der Waals surface area contributed by atoms with Crippen LogP contribution in [-0.2, 0) is 16.3 Å². The van der Waals surface area contributed by atoms with Gasteiger partial charge < -0.3 is 0 Å². The van der Waals surface area contributed by atoms with E-state index in [0.717, 1.165) is 5.69 Å². The molecule has 0 aromatic carbocycles. The molecule has 0 saturated carbocycles. The SMILES string of the molecule is CC(C)S(=O)(=O)CCc1ccccn1. The van der Waals surface area contributed by atoms with E-state index in [1.165, 1.54) is 0 Å². The fraction of sp³-hybridized carbons (Fsp3) is 0.500. The van der Waals surface area contributed by atoms with E-state index in [2.05, 4.69) is 4.98 Å². The normalized spacial score (nSPS) is 11.9. The summed E-state index contributed by atoms with van der Waals surface area (Å²) in [4.78, 5) is 4.08. The maximum absolute atomic E-state index is 11.5. The number of hydrogen-bond acceptors (Lipinski definition) is 3. The summed E-state index contributed by atoms with van der Waals surface area (Å²) in [5, 5.41) is -0.300. The van der Waals surface area contributed by atoms with E-state index in [4.69, 9.17) is 0 Å². The van der Waals surface area contributed by atoms with Gasteiger partial charge >= 0.3 is 0 Å². The van der Waals surface area contributed by atoms with Gasteiger partial charge in [0.25, 0.3) is 0 Å². The Balaban J connectivity index is 2.58. The molecule has 0 saturated heterocycles. The van der Waals surface area contributed by atoms with Crippen LogP contribution in [0.5, 0.6) is 0 Å². The molecular formula is C10H15NO2S. The molecule has 1 rings (SSSR count). The number of aromatic nitrogens is 1. The zero-order valence-electron chi connectivity index (χ0n) is 8.47. The predicted octanol–water partition coefficient (Wildman–Crippen LogP) is 1.45. The first-order valence-electron chi connectivity index (χ1n) is 4.64. The molecule has 14 heavy (non-hydrogen) atoms. The molecule has 0 aliphatic rings. The Morgan fingerprint density at radius 2 is 2.07 bits per heavy atom. The number of hydrogen-bond donors (Lipinski definition) is 0. The van der Waals surface area contributed by atoms with Crippen molar-refractivity contribution in [2.24, 2.45) is 0 Å². The second-order valence-corrected chi connectivity index (χ2v) is 6.16. The summed E-state index contributed by atoms with van der Waals surface area (Å²) in [6, 6.07) is 5.53. The lowest BCUT2D eigenvalue weighted by Gasteiger charge is -2.06. The monoisotopic (exact) mass is 213 g/mol. The van der Waals surface area contributed by atoms with Crippen LogP contribution in [0.3, 0.4) is 0 Å². The molecule has 0 fully saturated rings. The van der Waals surface area contributed by atoms with Crippen LogP contribution in [0, 0.1) is 0 Å². The molecule has 3 nitrogen and oxygen atoms in total. The Bertz CT molecular complexity index is 370. The molecule has 0 N–H and O–H groups in total. The molecule has 0 aliphatic carbocycles. The minimum absolute atomic E-state index is 0.182. The largest absolute Gasteiger partial charge is 0.261 e. The Morgan fingerprint density at radius 1 is 1.36 bits per heavy atom. The van der Waals surface area contributed by atoms with E-state index < -0.39 is 9.84 Å². The van der Waals surface area contributed by atoms with Crippen molar-refractivity contribution in [1.29, 1.82) is 0 Å². The lowest BCUT2D eigenvalue weighted by atomic mass is 10.3. The highest BCUT2D eigenvalue weighted by atomic mass is 32.2. The highest BCUT2D eigenvalue weighted by Crippen LogP contribution is 2.04. The van der Waals surface area contributed by atoms with E-state index in [1.807, 2.05) is 18.2 Å². The van der Waals surface area contributed by atoms with Crippen LogP contribution < -0.4 is 0 Å². The molecule has 4 heteroatoms. The third-order valence-corrected chi connectivity index (χ3v) is 4.30. The van der Waals surface area contributed by atoms with Gasteiger partial charge in [-0.15, -0.1) is 0 Å². The Morgan fingerprint density at radius 3 is 2.57 bits per heavy atom. The van der Waals surface area contributed by atoms with Crippen LogP contribution in [-0.4, -0.2) is 24.4 Å². The van der Waals surface area contributed by atoms with Gasteiger partial charge in [0.15, 0.2) is 9.84 Å². The van der Waals surface area contributed by atoms with Gasteiger partial charge in [-0.1, -0.05) is 6.07 Å². The number of rotatable bonds is 4. The quantitative estimate of drug-likeness (QED) is 0.760. The zero-order valence-corrected chi connectivity index (χ0v) is 9.29. The third kappa shape index (κ3) is 3.10. The van der Waals surface area contributed by atoms with E-state index in [0.29, 0.717) is 6.42 Å². The highest BCUT2D eigenvalue weighted by molar-refractivity contribution is 7.91. The Labute approximate surface area is 85.1 Å². The molecule has 0 amide bonds. The molecule has 1 heterocycles. The number of sulfone groups is 1. The zero-order chi connectivity index (χ0) is 10.6. The second-order valence-electron chi connectivity index (χ2n) is 3.49. The molecule has 0 atom stereocenters. The van der Waals surface area contributed by atoms with Crippen LogP contribution in [0.2, 0.25) is 0 Å². The first kappa shape index (κ1) is 11.2. The topological polar surface area (TPSA) is 47.0 Å². The van der Waals surface area contributed by atoms with Gasteiger partial charge in [-0.3, -0.25) is 4.98 Å². The van der Waals surface area contributed by atoms with Gasteiger partial charge in [-0.05, 0) is 26.0 Å². The van der Waals surface area contributed by atoms with Crippen LogP contribution in [0.4, 0.5) is 0 Å². The van der Waals surface area contributed by atoms with E-state index >= 15 is 0 Å². The molecular weight excluding hydrogens is 198 g/mol. The molecule has 0 spiro atoms. The summed E-state index contributed by atoms with van der Waals surface area (Å²) in [7, 11) is -2.94. The fourth-order valence-corrected chi connectivity index (χ4v) is 1.99. The predicted molar refractivity (Wildman–Crippen MR) is 56.9 cm³/mol. The van der Waals surface area contributed by atoms with E-state index in [-0.39, 0.29) is 11.0 Å². The molecule has 0 unspecified atom stereocenters. The molecule has 1 aromatic rings. The summed E-state index contributed by atoms with van der Waals surface area (Å²) in [6.07, 6.45) is 2.18. The highest BCUT2D eigenvalue weighted by Gasteiger charge is 2.15. The van der Waals surface area contributed by atoms with Crippen molar-refractivity contribution in [2.75, 3.05) is 5.75 Å². The van der Waals surface area contributed by atoms with Crippen LogP contribution in [0.15, 0.2) is 24.4 Å². The van der Waals surface area contributed by atoms with Gasteiger partial charge in [0, 0.05) is 18.3 Å². The summed E-state index contributed by atoms with van der Waals surface area (Å²) >= 11 is 0. The van der Waals surface area contributed by atoms with Gasteiger partial charge in [0.05, 0.1) is 11.0 Å². The van der Waals surface area contributed by atoms with Crippen molar-refractivity contribution in [3.63, 3.8) is 0 Å². The molecule has 0 radical (unpaired) electrons. The Hall–Kier alpha value is -0.900. The van der Waals surface area contributed by atoms with E-state index in [1.54, 1.807) is 20.0 Å². The number of nitrogens with zero attached hydrogens (tertiary/aromatic N) is 1. The van der Waals surface area contributed by atoms with Gasteiger partial charge in [0.1, 0.15) is 0 Å². The van der Waals surface area contributed by atoms with Crippen LogP contribution in [0.25, 0.3) is 0 Å². The van der Waals surface area contributed by atoms with Gasteiger partial charge in [0.2, 0.25) is 0 Å². The third-order valence-electron chi connectivity index (χ3n) is 2.09. The maximum Gasteiger partial charge on any atom is 0.153 e. The molecule has 0 aliphatic heterocycles. The van der Waals surface area contributed by atoms with Crippen molar-refractivity contribution in [3.8, 4) is 0 Å². The first-order chi connectivity index (χ1) is 6.52. The summed E-state index contributed by atoms with van der Waals surface area (Å²) in [5.41, 5.74) is 0.830. The smallest absolute Gasteiger partial charge is 0.153 e. The van der Waals surface area contributed by atoms with Crippen molar-refractivity contribution in [1.82, 2.24) is 4.98 Å². The van der Waals surface area contributed by atoms with Crippen molar-refractivity contribution >= 4 is 9.84 Å². The summed E-state index contributed by atoms with van der Waals surface area (Å²) < 4.78 is 23.0. The minimum Gasteiger partial charge on any atom is -0.261 e. The van der Waals surface area contributed by atoms with Crippen LogP contribution in [0.1, 0.15) is 19.5 Å². The molecule has 78 valence electrons. The minimum atomic E-state index is -2.94. The maximum atomic E-state index is 11.5. The van der Waals surface area contributed by atoms with Gasteiger partial charge in [-0.25, -0.2) is 8.42 Å². The second kappa shape index (κ2) is 4.55. The standard InChI is InChI=1S/C10H15NO2S/c1-9(2)14(12,13)8-6-10-5-3-4-7-11-10/h3-5,7,9H,6,8H2,1-2H3. The lowest BCUT2D eigenvalue weighted by molar-refractivity contribution is 0.586. The van der Waals surface area contributed by atoms with Crippen molar-refractivity contribution in [2.45, 2.75) is 25.5 Å². The van der Waals surface area contributed by atoms with Gasteiger partial charge in [-0.2, -0.15) is 0 Å². The van der Waals surface area contributed by atoms with Crippen molar-refractivity contribution < 1.29 is 8.42 Å². The average Bonchev–Trinajstić information content (AvgIpc) is 2.16. The first-order valence-corrected chi connectivity index (χ1v) is 6.35. The summed E-state index contributed by atoms with van der Waals surface area (Å²) in [5.74, 6) is 0.182. The van der Waals surface area contributed by atoms with Crippen LogP contribution >= 0.6 is 0 Å². The van der Waals surface area contributed by atoms with E-state index in [9.17, 15) is 8.42 Å². The van der Waals surface area contributed by atoms with Crippen molar-refractivity contribution in [3.05, 3.63) is 30.1 Å². The summed E-state index contributed by atoms with van der Waals surface area (Å²) in [6.45, 7) is 3.40. The Kier molecular flexibility index (Phi) is 3.63. The average molecular weight is 213 g/mol. The number of pyridine rings is 1. The molecule has 0 bridgehead atoms. The molecule has 1 aromatic heterocycles.